The molecule has 2 aromatic carbocycles. The zero-order valence-electron chi connectivity index (χ0n) is 11.3. The van der Waals surface area contributed by atoms with Gasteiger partial charge < -0.3 is 16.8 Å². The first kappa shape index (κ1) is 14.1. The molecule has 0 unspecified atom stereocenters. The predicted molar refractivity (Wildman–Crippen MR) is 81.5 cm³/mol. The Morgan fingerprint density at radius 2 is 1.55 bits per heavy atom. The number of anilines is 1. The summed E-state index contributed by atoms with van der Waals surface area (Å²) in [6.07, 6.45) is 0.905. The van der Waals surface area contributed by atoms with Crippen LogP contribution < -0.4 is 16.8 Å². The van der Waals surface area contributed by atoms with Crippen molar-refractivity contribution in [2.24, 2.45) is 11.5 Å². The SMILES string of the molecule is NCCc1ccc(CNc2ccc(C(N)=O)cc2)cc1. The number of nitrogens with one attached hydrogen (secondary N) is 1. The maximum atomic E-state index is 11.0. The third-order valence-electron chi connectivity index (χ3n) is 3.12. The van der Waals surface area contributed by atoms with E-state index in [4.69, 9.17) is 11.5 Å². The summed E-state index contributed by atoms with van der Waals surface area (Å²) in [7, 11) is 0. The molecule has 2 rings (SSSR count). The number of hydrogen-bond donors (Lipinski definition) is 3. The second kappa shape index (κ2) is 6.73. The lowest BCUT2D eigenvalue weighted by molar-refractivity contribution is 0.100. The van der Waals surface area contributed by atoms with E-state index in [2.05, 4.69) is 29.6 Å². The molecule has 0 saturated carbocycles. The Hall–Kier alpha value is -2.33. The lowest BCUT2D eigenvalue weighted by Crippen LogP contribution is -2.10. The largest absolute Gasteiger partial charge is 0.381 e. The first-order valence-corrected chi connectivity index (χ1v) is 6.60. The number of primary amides is 1. The fraction of sp³-hybridized carbons (Fsp3) is 0.188. The summed E-state index contributed by atoms with van der Waals surface area (Å²) < 4.78 is 0. The van der Waals surface area contributed by atoms with Crippen molar-refractivity contribution in [2.45, 2.75) is 13.0 Å². The maximum Gasteiger partial charge on any atom is 0.248 e. The molecule has 0 spiro atoms. The highest BCUT2D eigenvalue weighted by Gasteiger charge is 2.00. The Kier molecular flexibility index (Phi) is 4.74. The Labute approximate surface area is 118 Å². The summed E-state index contributed by atoms with van der Waals surface area (Å²) >= 11 is 0. The van der Waals surface area contributed by atoms with Gasteiger partial charge in [-0.25, -0.2) is 0 Å². The molecule has 4 heteroatoms. The van der Waals surface area contributed by atoms with Crippen molar-refractivity contribution in [3.63, 3.8) is 0 Å². The zero-order valence-corrected chi connectivity index (χ0v) is 11.3. The molecule has 4 nitrogen and oxygen atoms in total. The second-order valence-electron chi connectivity index (χ2n) is 4.65. The van der Waals surface area contributed by atoms with Gasteiger partial charge >= 0.3 is 0 Å². The fourth-order valence-electron chi connectivity index (χ4n) is 1.95. The summed E-state index contributed by atoms with van der Waals surface area (Å²) in [4.78, 5) is 11.0. The standard InChI is InChI=1S/C16H19N3O/c17-10-9-12-1-3-13(4-2-12)11-19-15-7-5-14(6-8-15)16(18)20/h1-8,19H,9-11,17H2,(H2,18,20). The minimum absolute atomic E-state index is 0.410. The summed E-state index contributed by atoms with van der Waals surface area (Å²) in [5.41, 5.74) is 14.6. The van der Waals surface area contributed by atoms with Crippen LogP contribution in [-0.4, -0.2) is 12.5 Å². The summed E-state index contributed by atoms with van der Waals surface area (Å²) in [5, 5.41) is 3.30. The van der Waals surface area contributed by atoms with Gasteiger partial charge in [0.1, 0.15) is 0 Å². The number of amides is 1. The quantitative estimate of drug-likeness (QED) is 0.749. The van der Waals surface area contributed by atoms with Crippen LogP contribution in [0, 0.1) is 0 Å². The molecule has 0 aliphatic carbocycles. The summed E-state index contributed by atoms with van der Waals surface area (Å²) in [6.45, 7) is 1.41. The van der Waals surface area contributed by atoms with E-state index in [-0.39, 0.29) is 0 Å². The van der Waals surface area contributed by atoms with Crippen molar-refractivity contribution in [3.05, 3.63) is 65.2 Å². The van der Waals surface area contributed by atoms with Gasteiger partial charge in [-0.15, -0.1) is 0 Å². The Bertz CT molecular complexity index is 561. The van der Waals surface area contributed by atoms with Crippen molar-refractivity contribution in [1.29, 1.82) is 0 Å². The van der Waals surface area contributed by atoms with Gasteiger partial charge in [0.05, 0.1) is 0 Å². The molecular formula is C16H19N3O. The molecular weight excluding hydrogens is 250 g/mol. The Balaban J connectivity index is 1.92. The third-order valence-corrected chi connectivity index (χ3v) is 3.12. The number of carbonyl (C=O) groups excluding carboxylic acids is 1. The number of benzene rings is 2. The predicted octanol–water partition coefficient (Wildman–Crippen LogP) is 1.90. The van der Waals surface area contributed by atoms with Crippen LogP contribution >= 0.6 is 0 Å². The zero-order chi connectivity index (χ0) is 14.4. The van der Waals surface area contributed by atoms with Crippen LogP contribution in [0.5, 0.6) is 0 Å². The van der Waals surface area contributed by atoms with Gasteiger partial charge in [-0.3, -0.25) is 4.79 Å². The lowest BCUT2D eigenvalue weighted by Gasteiger charge is -2.08. The molecule has 1 amide bonds. The van der Waals surface area contributed by atoms with Gasteiger partial charge in [0.15, 0.2) is 0 Å². The average molecular weight is 269 g/mol. The van der Waals surface area contributed by atoms with E-state index in [1.165, 1.54) is 11.1 Å². The van der Waals surface area contributed by atoms with E-state index in [9.17, 15) is 4.79 Å². The minimum Gasteiger partial charge on any atom is -0.381 e. The Morgan fingerprint density at radius 1 is 0.950 bits per heavy atom. The molecule has 0 aromatic heterocycles. The van der Waals surface area contributed by atoms with E-state index in [0.717, 1.165) is 18.7 Å². The van der Waals surface area contributed by atoms with E-state index >= 15 is 0 Å². The van der Waals surface area contributed by atoms with E-state index in [1.54, 1.807) is 12.1 Å². The Morgan fingerprint density at radius 3 is 2.10 bits per heavy atom. The second-order valence-corrected chi connectivity index (χ2v) is 4.65. The van der Waals surface area contributed by atoms with E-state index < -0.39 is 5.91 Å². The van der Waals surface area contributed by atoms with Crippen molar-refractivity contribution >= 4 is 11.6 Å². The molecule has 5 N–H and O–H groups in total. The van der Waals surface area contributed by atoms with Crippen LogP contribution in [-0.2, 0) is 13.0 Å². The number of nitrogens with two attached hydrogens (primary N) is 2. The van der Waals surface area contributed by atoms with Gasteiger partial charge in [-0.1, -0.05) is 24.3 Å². The molecule has 2 aromatic rings. The van der Waals surface area contributed by atoms with Gasteiger partial charge in [-0.05, 0) is 48.4 Å². The van der Waals surface area contributed by atoms with E-state index in [1.807, 2.05) is 12.1 Å². The van der Waals surface area contributed by atoms with Crippen LogP contribution in [0.4, 0.5) is 5.69 Å². The molecule has 0 bridgehead atoms. The van der Waals surface area contributed by atoms with Crippen LogP contribution in [0.1, 0.15) is 21.5 Å². The lowest BCUT2D eigenvalue weighted by atomic mass is 10.1. The number of carbonyl (C=O) groups is 1. The average Bonchev–Trinajstić information content (AvgIpc) is 2.47. The van der Waals surface area contributed by atoms with Gasteiger partial charge in [-0.2, -0.15) is 0 Å². The molecule has 0 saturated heterocycles. The van der Waals surface area contributed by atoms with E-state index in [0.29, 0.717) is 12.1 Å². The highest BCUT2D eigenvalue weighted by Crippen LogP contribution is 2.12. The maximum absolute atomic E-state index is 11.0. The van der Waals surface area contributed by atoms with Crippen LogP contribution in [0.15, 0.2) is 48.5 Å². The van der Waals surface area contributed by atoms with Gasteiger partial charge in [0, 0.05) is 17.8 Å². The first-order chi connectivity index (χ1) is 9.69. The molecule has 0 aliphatic rings. The first-order valence-electron chi connectivity index (χ1n) is 6.60. The molecule has 0 atom stereocenters. The normalized spacial score (nSPS) is 10.2. The monoisotopic (exact) mass is 269 g/mol. The van der Waals surface area contributed by atoms with Crippen LogP contribution in [0.3, 0.4) is 0 Å². The van der Waals surface area contributed by atoms with Crippen molar-refractivity contribution in [1.82, 2.24) is 0 Å². The third kappa shape index (κ3) is 3.83. The van der Waals surface area contributed by atoms with Crippen molar-refractivity contribution in [3.8, 4) is 0 Å². The molecule has 0 radical (unpaired) electrons. The van der Waals surface area contributed by atoms with Gasteiger partial charge in [0.25, 0.3) is 0 Å². The molecule has 0 fully saturated rings. The highest BCUT2D eigenvalue weighted by molar-refractivity contribution is 5.93. The van der Waals surface area contributed by atoms with Crippen LogP contribution in [0.25, 0.3) is 0 Å². The molecule has 0 aliphatic heterocycles. The van der Waals surface area contributed by atoms with Crippen LogP contribution in [0.2, 0.25) is 0 Å². The van der Waals surface area contributed by atoms with Crippen molar-refractivity contribution in [2.75, 3.05) is 11.9 Å². The van der Waals surface area contributed by atoms with Gasteiger partial charge in [0.2, 0.25) is 5.91 Å². The molecule has 0 heterocycles. The summed E-state index contributed by atoms with van der Waals surface area (Å²) in [5.74, 6) is -0.410. The highest BCUT2D eigenvalue weighted by atomic mass is 16.1. The number of hydrogen-bond acceptors (Lipinski definition) is 3. The summed E-state index contributed by atoms with van der Waals surface area (Å²) in [6, 6.07) is 15.5. The fourth-order valence-corrected chi connectivity index (χ4v) is 1.95. The topological polar surface area (TPSA) is 81.1 Å². The smallest absolute Gasteiger partial charge is 0.248 e. The molecule has 104 valence electrons. The number of rotatable bonds is 6. The van der Waals surface area contributed by atoms with Crippen molar-refractivity contribution < 1.29 is 4.79 Å². The minimum atomic E-state index is -0.410. The molecule has 20 heavy (non-hydrogen) atoms.